The Morgan fingerprint density at radius 3 is 2.91 bits per heavy atom. The summed E-state index contributed by atoms with van der Waals surface area (Å²) >= 11 is 0. The van der Waals surface area contributed by atoms with Crippen LogP contribution >= 0.6 is 0 Å². The van der Waals surface area contributed by atoms with E-state index in [4.69, 9.17) is 4.74 Å². The normalized spacial score (nSPS) is 42.1. The van der Waals surface area contributed by atoms with Crippen LogP contribution in [0.5, 0.6) is 0 Å². The van der Waals surface area contributed by atoms with E-state index in [1.54, 1.807) is 18.3 Å². The van der Waals surface area contributed by atoms with Crippen molar-refractivity contribution in [3.8, 4) is 0 Å². The minimum atomic E-state index is -0.201. The Bertz CT molecular complexity index is 649. The first-order valence-corrected chi connectivity index (χ1v) is 8.86. The Hall–Kier alpha value is -1.28. The molecule has 5 aliphatic carbocycles. The van der Waals surface area contributed by atoms with Crippen molar-refractivity contribution in [2.24, 2.45) is 23.7 Å². The van der Waals surface area contributed by atoms with Crippen LogP contribution in [0.3, 0.4) is 0 Å². The molecule has 0 saturated heterocycles. The minimum absolute atomic E-state index is 0.201. The first kappa shape index (κ1) is 13.2. The maximum absolute atomic E-state index is 10.7. The summed E-state index contributed by atoms with van der Waals surface area (Å²) in [6.45, 7) is 0. The average Bonchev–Trinajstić information content (AvgIpc) is 2.92. The quantitative estimate of drug-likeness (QED) is 0.795. The van der Waals surface area contributed by atoms with E-state index in [9.17, 15) is 5.11 Å². The lowest BCUT2D eigenvalue weighted by molar-refractivity contribution is 0.162. The molecule has 1 saturated carbocycles. The van der Waals surface area contributed by atoms with Crippen LogP contribution in [0.2, 0.25) is 0 Å². The third kappa shape index (κ3) is 1.59. The molecule has 5 aliphatic rings. The fourth-order valence-electron chi connectivity index (χ4n) is 5.86. The number of aliphatic hydroxyl groups excluding tert-OH is 1. The second-order valence-electron chi connectivity index (χ2n) is 7.60. The Morgan fingerprint density at radius 2 is 2.05 bits per heavy atom. The monoisotopic (exact) mass is 296 g/mol. The van der Waals surface area contributed by atoms with E-state index in [0.29, 0.717) is 11.8 Å². The summed E-state index contributed by atoms with van der Waals surface area (Å²) in [5.74, 6) is 3.56. The Labute approximate surface area is 132 Å². The molecule has 2 heteroatoms. The summed E-state index contributed by atoms with van der Waals surface area (Å²) in [6, 6.07) is 0. The third-order valence-electron chi connectivity index (χ3n) is 6.76. The molecular weight excluding hydrogens is 272 g/mol. The Morgan fingerprint density at radius 1 is 1.18 bits per heavy atom. The van der Waals surface area contributed by atoms with E-state index in [1.165, 1.54) is 43.3 Å². The molecule has 0 aromatic heterocycles. The van der Waals surface area contributed by atoms with E-state index in [2.05, 4.69) is 18.2 Å². The predicted octanol–water partition coefficient (Wildman–Crippen LogP) is 3.90. The number of hydrogen-bond donors (Lipinski definition) is 1. The van der Waals surface area contributed by atoms with E-state index < -0.39 is 0 Å². The van der Waals surface area contributed by atoms with Crippen LogP contribution in [0, 0.1) is 23.7 Å². The zero-order valence-electron chi connectivity index (χ0n) is 13.2. The molecule has 5 unspecified atom stereocenters. The molecule has 1 N–H and O–H groups in total. The second kappa shape index (κ2) is 4.61. The summed E-state index contributed by atoms with van der Waals surface area (Å²) in [7, 11) is 1.75. The first-order chi connectivity index (χ1) is 10.8. The molecule has 1 fully saturated rings. The Balaban J connectivity index is 1.55. The van der Waals surface area contributed by atoms with Gasteiger partial charge in [0, 0.05) is 5.92 Å². The predicted molar refractivity (Wildman–Crippen MR) is 86.0 cm³/mol. The van der Waals surface area contributed by atoms with E-state index in [-0.39, 0.29) is 6.10 Å². The molecule has 0 heterocycles. The van der Waals surface area contributed by atoms with Crippen LogP contribution in [0.15, 0.2) is 46.3 Å². The molecule has 22 heavy (non-hydrogen) atoms. The highest BCUT2D eigenvalue weighted by Crippen LogP contribution is 2.61. The van der Waals surface area contributed by atoms with Crippen molar-refractivity contribution in [3.63, 3.8) is 0 Å². The summed E-state index contributed by atoms with van der Waals surface area (Å²) < 4.78 is 5.40. The van der Waals surface area contributed by atoms with Crippen molar-refractivity contribution in [3.05, 3.63) is 46.3 Å². The number of rotatable bonds is 1. The Kier molecular flexibility index (Phi) is 2.76. The maximum Gasteiger partial charge on any atom is 0.114 e. The van der Waals surface area contributed by atoms with Crippen LogP contribution in [0.25, 0.3) is 0 Å². The van der Waals surface area contributed by atoms with Crippen LogP contribution < -0.4 is 0 Å². The average molecular weight is 296 g/mol. The van der Waals surface area contributed by atoms with Gasteiger partial charge in [0.25, 0.3) is 0 Å². The highest BCUT2D eigenvalue weighted by molar-refractivity contribution is 5.56. The van der Waals surface area contributed by atoms with Crippen molar-refractivity contribution in [2.75, 3.05) is 7.11 Å². The van der Waals surface area contributed by atoms with Crippen molar-refractivity contribution in [1.82, 2.24) is 0 Å². The highest BCUT2D eigenvalue weighted by atomic mass is 16.5. The van der Waals surface area contributed by atoms with Gasteiger partial charge in [-0.15, -0.1) is 0 Å². The number of aliphatic hydroxyl groups is 1. The van der Waals surface area contributed by atoms with Crippen LogP contribution in [-0.4, -0.2) is 18.3 Å². The van der Waals surface area contributed by atoms with Gasteiger partial charge in [0.1, 0.15) is 5.76 Å². The van der Waals surface area contributed by atoms with Gasteiger partial charge in [-0.1, -0.05) is 18.1 Å². The molecule has 0 aliphatic heterocycles. The number of methoxy groups -OCH3 is 1. The van der Waals surface area contributed by atoms with Gasteiger partial charge in [-0.25, -0.2) is 0 Å². The largest absolute Gasteiger partial charge is 0.497 e. The van der Waals surface area contributed by atoms with Gasteiger partial charge in [0.15, 0.2) is 0 Å². The van der Waals surface area contributed by atoms with Gasteiger partial charge in [-0.3, -0.25) is 0 Å². The van der Waals surface area contributed by atoms with Gasteiger partial charge < -0.3 is 9.84 Å². The molecule has 5 rings (SSSR count). The van der Waals surface area contributed by atoms with Gasteiger partial charge >= 0.3 is 0 Å². The molecule has 0 bridgehead atoms. The van der Waals surface area contributed by atoms with Crippen LogP contribution in [0.1, 0.15) is 38.5 Å². The lowest BCUT2D eigenvalue weighted by Gasteiger charge is -2.49. The minimum Gasteiger partial charge on any atom is -0.497 e. The fourth-order valence-corrected chi connectivity index (χ4v) is 5.86. The summed E-state index contributed by atoms with van der Waals surface area (Å²) in [5, 5.41) is 10.7. The number of ether oxygens (including phenoxy) is 1. The molecule has 0 aromatic rings. The lowest BCUT2D eigenvalue weighted by Crippen LogP contribution is -2.40. The van der Waals surface area contributed by atoms with E-state index >= 15 is 0 Å². The molecule has 0 aromatic carbocycles. The van der Waals surface area contributed by atoms with Crippen molar-refractivity contribution >= 4 is 0 Å². The van der Waals surface area contributed by atoms with Gasteiger partial charge in [0.05, 0.1) is 13.2 Å². The second-order valence-corrected chi connectivity index (χ2v) is 7.60. The van der Waals surface area contributed by atoms with Gasteiger partial charge in [-0.05, 0) is 78.7 Å². The third-order valence-corrected chi connectivity index (χ3v) is 6.76. The number of allylic oxidation sites excluding steroid dienone is 5. The molecule has 0 radical (unpaired) electrons. The maximum atomic E-state index is 10.7. The number of fused-ring (bicyclic) bond motifs is 6. The smallest absolute Gasteiger partial charge is 0.114 e. The molecular formula is C20H24O2. The topological polar surface area (TPSA) is 29.5 Å². The van der Waals surface area contributed by atoms with Crippen molar-refractivity contribution in [2.45, 2.75) is 44.6 Å². The van der Waals surface area contributed by atoms with Crippen molar-refractivity contribution < 1.29 is 9.84 Å². The lowest BCUT2D eigenvalue weighted by atomic mass is 9.57. The molecule has 0 spiro atoms. The van der Waals surface area contributed by atoms with Crippen LogP contribution in [-0.2, 0) is 4.74 Å². The van der Waals surface area contributed by atoms with Crippen LogP contribution in [0.4, 0.5) is 0 Å². The zero-order valence-corrected chi connectivity index (χ0v) is 13.2. The summed E-state index contributed by atoms with van der Waals surface area (Å²) in [4.78, 5) is 0. The standard InChI is InChI=1S/C20H24O2/c1-22-12-6-8-13-11(9-12)5-7-16-17(13)10-18(21)20-15-4-2-3-14(15)19(16)20/h6,8-9,11,13-15,18,21H,2-5,7,10H2,1H3. The molecule has 5 atom stereocenters. The zero-order chi connectivity index (χ0) is 14.8. The summed E-state index contributed by atoms with van der Waals surface area (Å²) in [5.41, 5.74) is 6.22. The number of hydrogen-bond acceptors (Lipinski definition) is 2. The van der Waals surface area contributed by atoms with E-state index in [1.807, 2.05) is 0 Å². The highest BCUT2D eigenvalue weighted by Gasteiger charge is 2.50. The molecule has 2 nitrogen and oxygen atoms in total. The van der Waals surface area contributed by atoms with Gasteiger partial charge in [-0.2, -0.15) is 0 Å². The fraction of sp³-hybridized carbons (Fsp3) is 0.600. The SMILES string of the molecule is COC1=CC2CCC3=C(CC(O)C4=C3C3CCCC43)C2C=C1. The van der Waals surface area contributed by atoms with Crippen molar-refractivity contribution in [1.29, 1.82) is 0 Å². The molecule has 116 valence electrons. The van der Waals surface area contributed by atoms with E-state index in [0.717, 1.165) is 24.0 Å². The summed E-state index contributed by atoms with van der Waals surface area (Å²) in [6.07, 6.45) is 13.9. The van der Waals surface area contributed by atoms with Gasteiger partial charge in [0.2, 0.25) is 0 Å². The first-order valence-electron chi connectivity index (χ1n) is 8.86. The molecule has 0 amide bonds.